The van der Waals surface area contributed by atoms with Crippen LogP contribution in [0.15, 0.2) is 152 Å². The van der Waals surface area contributed by atoms with Crippen molar-refractivity contribution in [2.45, 2.75) is 13.8 Å². The van der Waals surface area contributed by atoms with Crippen LogP contribution in [0.25, 0.3) is 72.4 Å². The Morgan fingerprint density at radius 2 is 0.977 bits per heavy atom. The summed E-state index contributed by atoms with van der Waals surface area (Å²) in [6, 6.07) is 52.7. The first-order valence-electron chi connectivity index (χ1n) is 15.2. The second kappa shape index (κ2) is 10.6. The number of rotatable bonds is 5. The van der Waals surface area contributed by atoms with Gasteiger partial charge in [0.15, 0.2) is 0 Å². The van der Waals surface area contributed by atoms with Crippen molar-refractivity contribution in [2.24, 2.45) is 0 Å². The van der Waals surface area contributed by atoms with E-state index in [2.05, 4.69) is 181 Å². The lowest BCUT2D eigenvalue weighted by atomic mass is 10.0. The van der Waals surface area contributed by atoms with Crippen LogP contribution >= 0.6 is 0 Å². The molecule has 210 valence electrons. The molecule has 44 heavy (non-hydrogen) atoms. The van der Waals surface area contributed by atoms with Crippen LogP contribution in [0, 0.1) is 6.92 Å². The van der Waals surface area contributed by atoms with Gasteiger partial charge in [0, 0.05) is 33.2 Å². The third-order valence-corrected chi connectivity index (χ3v) is 8.82. The molecule has 0 radical (unpaired) electrons. The molecule has 0 N–H and O–H groups in total. The number of hydrogen-bond acceptors (Lipinski definition) is 0. The Balaban J connectivity index is 1.33. The molecule has 0 aliphatic rings. The second-order valence-corrected chi connectivity index (χ2v) is 11.4. The fraction of sp³-hybridized carbons (Fsp3) is 0.0476. The molecule has 0 saturated carbocycles. The highest BCUT2D eigenvalue weighted by molar-refractivity contribution is 6.10. The molecule has 0 unspecified atom stereocenters. The maximum atomic E-state index is 2.41. The van der Waals surface area contributed by atoms with Crippen LogP contribution in [0.2, 0.25) is 0 Å². The second-order valence-electron chi connectivity index (χ2n) is 11.4. The van der Waals surface area contributed by atoms with Gasteiger partial charge in [-0.05, 0) is 96.3 Å². The summed E-state index contributed by atoms with van der Waals surface area (Å²) in [7, 11) is 0. The quantitative estimate of drug-likeness (QED) is 0.197. The minimum atomic E-state index is 1.15. The summed E-state index contributed by atoms with van der Waals surface area (Å²) in [4.78, 5) is 0. The van der Waals surface area contributed by atoms with E-state index in [-0.39, 0.29) is 0 Å². The van der Waals surface area contributed by atoms with E-state index in [9.17, 15) is 0 Å². The van der Waals surface area contributed by atoms with Crippen molar-refractivity contribution in [3.63, 3.8) is 0 Å². The van der Waals surface area contributed by atoms with Crippen molar-refractivity contribution >= 4 is 38.8 Å². The van der Waals surface area contributed by atoms with E-state index in [1.54, 1.807) is 0 Å². The SMILES string of the molecule is C/C=C\c1c(C)c2cc(-c3ccccc3)ccc2n1-c1cccc(-n2c3ccccc3c3cc(-c4ccccc4)ccc32)c1. The van der Waals surface area contributed by atoms with Crippen LogP contribution in [-0.4, -0.2) is 9.13 Å². The molecule has 2 heterocycles. The zero-order valence-corrected chi connectivity index (χ0v) is 24.9. The highest BCUT2D eigenvalue weighted by Gasteiger charge is 2.17. The summed E-state index contributed by atoms with van der Waals surface area (Å²) in [6.07, 6.45) is 4.37. The average Bonchev–Trinajstić information content (AvgIpc) is 3.56. The van der Waals surface area contributed by atoms with Gasteiger partial charge in [0.25, 0.3) is 0 Å². The van der Waals surface area contributed by atoms with Crippen molar-refractivity contribution < 1.29 is 0 Å². The van der Waals surface area contributed by atoms with Gasteiger partial charge in [-0.15, -0.1) is 0 Å². The first-order valence-corrected chi connectivity index (χ1v) is 15.2. The Morgan fingerprint density at radius 1 is 0.432 bits per heavy atom. The van der Waals surface area contributed by atoms with Crippen molar-refractivity contribution in [3.8, 4) is 33.6 Å². The van der Waals surface area contributed by atoms with E-state index in [0.717, 1.165) is 11.4 Å². The molecule has 2 aromatic heterocycles. The maximum Gasteiger partial charge on any atom is 0.0541 e. The fourth-order valence-electron chi connectivity index (χ4n) is 6.75. The lowest BCUT2D eigenvalue weighted by molar-refractivity contribution is 1.08. The molecule has 0 amide bonds. The van der Waals surface area contributed by atoms with Gasteiger partial charge in [0.2, 0.25) is 0 Å². The van der Waals surface area contributed by atoms with Gasteiger partial charge < -0.3 is 9.13 Å². The van der Waals surface area contributed by atoms with Crippen molar-refractivity contribution in [1.29, 1.82) is 0 Å². The predicted octanol–water partition coefficient (Wildman–Crippen LogP) is 11.4. The normalized spacial score (nSPS) is 11.8. The molecule has 0 aliphatic carbocycles. The smallest absolute Gasteiger partial charge is 0.0541 e. The zero-order chi connectivity index (χ0) is 29.6. The van der Waals surface area contributed by atoms with Gasteiger partial charge in [-0.2, -0.15) is 0 Å². The molecule has 8 aromatic rings. The summed E-state index contributed by atoms with van der Waals surface area (Å²) >= 11 is 0. The summed E-state index contributed by atoms with van der Waals surface area (Å²) in [5, 5.41) is 3.80. The van der Waals surface area contributed by atoms with Crippen LogP contribution in [0.1, 0.15) is 18.2 Å². The fourth-order valence-corrected chi connectivity index (χ4v) is 6.75. The number of hydrogen-bond donors (Lipinski definition) is 0. The summed E-state index contributed by atoms with van der Waals surface area (Å²) in [5.74, 6) is 0. The van der Waals surface area contributed by atoms with E-state index < -0.39 is 0 Å². The van der Waals surface area contributed by atoms with Gasteiger partial charge in [-0.25, -0.2) is 0 Å². The van der Waals surface area contributed by atoms with E-state index in [1.807, 2.05) is 0 Å². The molecule has 0 atom stereocenters. The number of para-hydroxylation sites is 1. The van der Waals surface area contributed by atoms with Gasteiger partial charge in [0.05, 0.1) is 16.6 Å². The third kappa shape index (κ3) is 4.19. The van der Waals surface area contributed by atoms with Gasteiger partial charge in [-0.3, -0.25) is 0 Å². The number of aryl methyl sites for hydroxylation is 1. The van der Waals surface area contributed by atoms with E-state index in [0.29, 0.717) is 0 Å². The average molecular weight is 565 g/mol. The molecule has 0 fully saturated rings. The summed E-state index contributed by atoms with van der Waals surface area (Å²) < 4.78 is 4.81. The molecule has 2 nitrogen and oxygen atoms in total. The summed E-state index contributed by atoms with van der Waals surface area (Å²) in [5.41, 5.74) is 13.3. The van der Waals surface area contributed by atoms with E-state index >= 15 is 0 Å². The first kappa shape index (κ1) is 26.1. The predicted molar refractivity (Wildman–Crippen MR) is 188 cm³/mol. The van der Waals surface area contributed by atoms with Crippen molar-refractivity contribution in [3.05, 3.63) is 163 Å². The minimum absolute atomic E-state index is 1.15. The Hall–Kier alpha value is -5.60. The molecular formula is C42H32N2. The van der Waals surface area contributed by atoms with Crippen LogP contribution in [0.4, 0.5) is 0 Å². The number of aromatic nitrogens is 2. The zero-order valence-electron chi connectivity index (χ0n) is 24.9. The number of fused-ring (bicyclic) bond motifs is 4. The lowest BCUT2D eigenvalue weighted by Gasteiger charge is -2.14. The van der Waals surface area contributed by atoms with Crippen LogP contribution in [-0.2, 0) is 0 Å². The number of nitrogens with zero attached hydrogens (tertiary/aromatic N) is 2. The van der Waals surface area contributed by atoms with Gasteiger partial charge >= 0.3 is 0 Å². The van der Waals surface area contributed by atoms with Gasteiger partial charge in [-0.1, -0.05) is 103 Å². The Morgan fingerprint density at radius 3 is 1.64 bits per heavy atom. The summed E-state index contributed by atoms with van der Waals surface area (Å²) in [6.45, 7) is 4.33. The highest BCUT2D eigenvalue weighted by atomic mass is 15.0. The molecule has 0 aliphatic heterocycles. The Labute approximate surface area is 257 Å². The van der Waals surface area contributed by atoms with E-state index in [1.165, 1.54) is 66.2 Å². The molecular weight excluding hydrogens is 532 g/mol. The van der Waals surface area contributed by atoms with Crippen LogP contribution < -0.4 is 0 Å². The van der Waals surface area contributed by atoms with Gasteiger partial charge in [0.1, 0.15) is 0 Å². The molecule has 0 bridgehead atoms. The van der Waals surface area contributed by atoms with E-state index in [4.69, 9.17) is 0 Å². The lowest BCUT2D eigenvalue weighted by Crippen LogP contribution is -2.00. The third-order valence-electron chi connectivity index (χ3n) is 8.82. The molecule has 0 saturated heterocycles. The monoisotopic (exact) mass is 564 g/mol. The van der Waals surface area contributed by atoms with Crippen molar-refractivity contribution in [1.82, 2.24) is 9.13 Å². The number of allylic oxidation sites excluding steroid dienone is 1. The maximum absolute atomic E-state index is 2.41. The highest BCUT2D eigenvalue weighted by Crippen LogP contribution is 2.37. The molecule has 2 heteroatoms. The topological polar surface area (TPSA) is 9.86 Å². The standard InChI is InChI=1S/C42H32N2/c1-3-13-39-29(2)37-26-32(30-14-6-4-7-15-30)22-24-41(37)43(39)34-18-12-19-35(28-34)44-40-21-11-10-20-36(40)38-27-33(23-25-42(38)44)31-16-8-5-9-17-31/h3-28H,1-2H3/b13-3-. The molecule has 6 aromatic carbocycles. The number of benzene rings is 6. The Kier molecular flexibility index (Phi) is 6.27. The Bertz CT molecular complexity index is 2330. The van der Waals surface area contributed by atoms with Crippen LogP contribution in [0.3, 0.4) is 0 Å². The first-order chi connectivity index (χ1) is 21.7. The molecule has 8 rings (SSSR count). The molecule has 0 spiro atoms. The van der Waals surface area contributed by atoms with Crippen LogP contribution in [0.5, 0.6) is 0 Å². The largest absolute Gasteiger partial charge is 0.310 e. The minimum Gasteiger partial charge on any atom is -0.310 e. The van der Waals surface area contributed by atoms with Crippen molar-refractivity contribution in [2.75, 3.05) is 0 Å².